The number of rotatable bonds is 0. The lowest BCUT2D eigenvalue weighted by Crippen LogP contribution is -2.17. The van der Waals surface area contributed by atoms with E-state index in [1.165, 1.54) is 12.3 Å². The van der Waals surface area contributed by atoms with Gasteiger partial charge in [-0.1, -0.05) is 12.1 Å². The van der Waals surface area contributed by atoms with Gasteiger partial charge in [0.2, 0.25) is 5.78 Å². The highest BCUT2D eigenvalue weighted by molar-refractivity contribution is 7.07. The Labute approximate surface area is 73.7 Å². The van der Waals surface area contributed by atoms with E-state index in [9.17, 15) is 9.59 Å². The third kappa shape index (κ3) is 2.67. The molecule has 4 heteroatoms. The molecule has 0 bridgehead atoms. The number of hydrogen-bond donors (Lipinski definition) is 1. The van der Waals surface area contributed by atoms with Crippen LogP contribution in [0.1, 0.15) is 0 Å². The van der Waals surface area contributed by atoms with Gasteiger partial charge in [0, 0.05) is 12.3 Å². The molecule has 0 aromatic carbocycles. The van der Waals surface area contributed by atoms with Crippen molar-refractivity contribution in [1.82, 2.24) is 5.32 Å². The molecule has 1 aliphatic rings. The predicted octanol–water partition coefficient (Wildman–Crippen LogP) is 0.947. The van der Waals surface area contributed by atoms with Crippen LogP contribution in [-0.4, -0.2) is 11.7 Å². The normalized spacial score (nSPS) is 13.7. The van der Waals surface area contributed by atoms with Gasteiger partial charge in [0.05, 0.1) is 0 Å². The van der Waals surface area contributed by atoms with E-state index in [4.69, 9.17) is 0 Å². The topological polar surface area (TPSA) is 46.2 Å². The van der Waals surface area contributed by atoms with Gasteiger partial charge in [-0.25, -0.2) is 0 Å². The molecule has 0 radical (unpaired) electrons. The van der Waals surface area contributed by atoms with Crippen molar-refractivity contribution in [2.45, 2.75) is 0 Å². The van der Waals surface area contributed by atoms with Crippen molar-refractivity contribution in [3.8, 4) is 0 Å². The monoisotopic (exact) mass is 181 g/mol. The zero-order chi connectivity index (χ0) is 8.81. The van der Waals surface area contributed by atoms with Crippen LogP contribution in [0.2, 0.25) is 0 Å². The third-order valence-electron chi connectivity index (χ3n) is 1.10. The van der Waals surface area contributed by atoms with E-state index in [1.807, 2.05) is 22.9 Å². The van der Waals surface area contributed by atoms with Crippen LogP contribution < -0.4 is 5.32 Å². The summed E-state index contributed by atoms with van der Waals surface area (Å²) in [7, 11) is 0. The molecule has 0 saturated heterocycles. The van der Waals surface area contributed by atoms with Crippen LogP contribution in [0.15, 0.2) is 35.2 Å². The molecule has 1 N–H and O–H groups in total. The number of carbonyl (C=O) groups is 2. The summed E-state index contributed by atoms with van der Waals surface area (Å²) < 4.78 is 0. The number of ketones is 1. The average molecular weight is 181 g/mol. The maximum absolute atomic E-state index is 10.1. The van der Waals surface area contributed by atoms with Gasteiger partial charge >= 0.3 is 0 Å². The SMILES string of the molecule is O=C1C=CNC1=O.c1ccsc1. The Morgan fingerprint density at radius 1 is 1.17 bits per heavy atom. The molecule has 2 heterocycles. The first-order valence-electron chi connectivity index (χ1n) is 3.29. The molecule has 0 saturated carbocycles. The summed E-state index contributed by atoms with van der Waals surface area (Å²) in [5.74, 6) is -1.01. The summed E-state index contributed by atoms with van der Waals surface area (Å²) in [5.41, 5.74) is 0. The highest BCUT2D eigenvalue weighted by atomic mass is 32.1. The summed E-state index contributed by atoms with van der Waals surface area (Å²) in [6, 6.07) is 4.04. The fourth-order valence-electron chi connectivity index (χ4n) is 0.567. The van der Waals surface area contributed by atoms with E-state index in [0.29, 0.717) is 0 Å². The number of carbonyl (C=O) groups excluding carboxylic acids is 2. The maximum Gasteiger partial charge on any atom is 0.295 e. The zero-order valence-corrected chi connectivity index (χ0v) is 7.01. The first-order chi connectivity index (χ1) is 5.80. The molecule has 62 valence electrons. The minimum absolute atomic E-state index is 0.472. The highest BCUT2D eigenvalue weighted by Crippen LogP contribution is 1.91. The number of thiophene rings is 1. The lowest BCUT2D eigenvalue weighted by atomic mass is 10.4. The van der Waals surface area contributed by atoms with Gasteiger partial charge in [0.25, 0.3) is 5.91 Å². The van der Waals surface area contributed by atoms with Crippen LogP contribution in [0.3, 0.4) is 0 Å². The Bertz CT molecular complexity index is 273. The molecule has 0 aliphatic carbocycles. The molecule has 1 aromatic heterocycles. The Kier molecular flexibility index (Phi) is 3.22. The van der Waals surface area contributed by atoms with Crippen LogP contribution in [0.5, 0.6) is 0 Å². The average Bonchev–Trinajstić information content (AvgIpc) is 2.67. The van der Waals surface area contributed by atoms with Gasteiger partial charge in [0.1, 0.15) is 0 Å². The van der Waals surface area contributed by atoms with E-state index in [2.05, 4.69) is 5.32 Å². The second-order valence-corrected chi connectivity index (χ2v) is 2.78. The van der Waals surface area contributed by atoms with E-state index < -0.39 is 11.7 Å². The van der Waals surface area contributed by atoms with E-state index in [1.54, 1.807) is 11.3 Å². The first kappa shape index (κ1) is 8.67. The summed E-state index contributed by atoms with van der Waals surface area (Å²) in [6.07, 6.45) is 2.52. The van der Waals surface area contributed by atoms with Crippen molar-refractivity contribution >= 4 is 23.0 Å². The summed E-state index contributed by atoms with van der Waals surface area (Å²) >= 11 is 1.71. The smallest absolute Gasteiger partial charge is 0.295 e. The van der Waals surface area contributed by atoms with Gasteiger partial charge in [-0.05, 0) is 10.8 Å². The van der Waals surface area contributed by atoms with Gasteiger partial charge in [-0.3, -0.25) is 9.59 Å². The van der Waals surface area contributed by atoms with Crippen molar-refractivity contribution in [3.05, 3.63) is 35.2 Å². The van der Waals surface area contributed by atoms with Gasteiger partial charge in [-0.15, -0.1) is 0 Å². The van der Waals surface area contributed by atoms with Gasteiger partial charge < -0.3 is 5.32 Å². The van der Waals surface area contributed by atoms with Gasteiger partial charge in [-0.2, -0.15) is 11.3 Å². The zero-order valence-electron chi connectivity index (χ0n) is 6.19. The fourth-order valence-corrected chi connectivity index (χ4v) is 1.02. The van der Waals surface area contributed by atoms with Crippen molar-refractivity contribution in [1.29, 1.82) is 0 Å². The molecule has 0 spiro atoms. The fraction of sp³-hybridized carbons (Fsp3) is 0. The largest absolute Gasteiger partial charge is 0.326 e. The number of nitrogens with one attached hydrogen (secondary N) is 1. The molecule has 3 nitrogen and oxygen atoms in total. The molecule has 0 fully saturated rings. The lowest BCUT2D eigenvalue weighted by Gasteiger charge is -1.78. The minimum atomic E-state index is -0.542. The maximum atomic E-state index is 10.1. The summed E-state index contributed by atoms with van der Waals surface area (Å²) in [4.78, 5) is 20.1. The second kappa shape index (κ2) is 4.46. The molecule has 1 aliphatic heterocycles. The summed E-state index contributed by atoms with van der Waals surface area (Å²) in [6.45, 7) is 0. The predicted molar refractivity (Wildman–Crippen MR) is 46.6 cm³/mol. The number of amides is 1. The van der Waals surface area contributed by atoms with Gasteiger partial charge in [0.15, 0.2) is 0 Å². The molecule has 12 heavy (non-hydrogen) atoms. The van der Waals surface area contributed by atoms with Crippen LogP contribution in [0.25, 0.3) is 0 Å². The van der Waals surface area contributed by atoms with Crippen molar-refractivity contribution < 1.29 is 9.59 Å². The van der Waals surface area contributed by atoms with Crippen molar-refractivity contribution in [2.24, 2.45) is 0 Å². The van der Waals surface area contributed by atoms with E-state index in [0.717, 1.165) is 0 Å². The molecule has 1 amide bonds. The molecular formula is C8H7NO2S. The van der Waals surface area contributed by atoms with E-state index >= 15 is 0 Å². The second-order valence-electron chi connectivity index (χ2n) is 1.96. The quantitative estimate of drug-likeness (QED) is 0.605. The Hall–Kier alpha value is -1.42. The minimum Gasteiger partial charge on any atom is -0.326 e. The lowest BCUT2D eigenvalue weighted by molar-refractivity contribution is -0.133. The summed E-state index contributed by atoms with van der Waals surface area (Å²) in [5, 5.41) is 6.28. The Balaban J connectivity index is 0.000000127. The Morgan fingerprint density at radius 3 is 2.00 bits per heavy atom. The number of hydrogen-bond acceptors (Lipinski definition) is 3. The van der Waals surface area contributed by atoms with Crippen LogP contribution >= 0.6 is 11.3 Å². The van der Waals surface area contributed by atoms with Crippen molar-refractivity contribution in [3.63, 3.8) is 0 Å². The molecular weight excluding hydrogens is 174 g/mol. The van der Waals surface area contributed by atoms with Crippen LogP contribution in [0.4, 0.5) is 0 Å². The first-order valence-corrected chi connectivity index (χ1v) is 4.23. The third-order valence-corrected chi connectivity index (χ3v) is 1.73. The molecule has 0 atom stereocenters. The molecule has 2 rings (SSSR count). The molecule has 0 unspecified atom stereocenters. The van der Waals surface area contributed by atoms with Crippen LogP contribution in [-0.2, 0) is 9.59 Å². The van der Waals surface area contributed by atoms with E-state index in [-0.39, 0.29) is 0 Å². The van der Waals surface area contributed by atoms with Crippen molar-refractivity contribution in [2.75, 3.05) is 0 Å². The van der Waals surface area contributed by atoms with Crippen LogP contribution in [0, 0.1) is 0 Å². The standard InChI is InChI=1S/C4H3NO2.C4H4S/c6-3-1-2-5-4(3)7;1-2-4-5-3-1/h1-2H,(H,5,6,7);1-4H. The Morgan fingerprint density at radius 2 is 1.83 bits per heavy atom. The molecule has 1 aromatic rings. The highest BCUT2D eigenvalue weighted by Gasteiger charge is 2.12.